The Kier molecular flexibility index (Phi) is 4.47. The Morgan fingerprint density at radius 3 is 3.00 bits per heavy atom. The molecule has 0 bridgehead atoms. The van der Waals surface area contributed by atoms with E-state index in [-0.39, 0.29) is 5.56 Å². The van der Waals surface area contributed by atoms with Crippen LogP contribution in [0.15, 0.2) is 17.2 Å². The van der Waals surface area contributed by atoms with E-state index in [9.17, 15) is 4.79 Å². The lowest BCUT2D eigenvalue weighted by Gasteiger charge is -2.33. The van der Waals surface area contributed by atoms with Crippen molar-refractivity contribution in [2.75, 3.05) is 18.0 Å². The second kappa shape index (κ2) is 6.54. The molecule has 1 fully saturated rings. The van der Waals surface area contributed by atoms with Gasteiger partial charge in [0.05, 0.1) is 5.69 Å². The molecule has 1 saturated heterocycles. The summed E-state index contributed by atoms with van der Waals surface area (Å²) in [5.41, 5.74) is 3.35. The minimum Gasteiger partial charge on any atom is -0.350 e. The summed E-state index contributed by atoms with van der Waals surface area (Å²) in [5.74, 6) is 0.553. The second-order valence-corrected chi connectivity index (χ2v) is 6.25. The van der Waals surface area contributed by atoms with Gasteiger partial charge in [0.2, 0.25) is 0 Å². The Morgan fingerprint density at radius 2 is 2.26 bits per heavy atom. The molecular formula is C16H24N6O. The maximum Gasteiger partial charge on any atom is 0.293 e. The molecule has 0 radical (unpaired) electrons. The maximum atomic E-state index is 12.2. The van der Waals surface area contributed by atoms with Crippen molar-refractivity contribution in [2.24, 2.45) is 7.05 Å². The van der Waals surface area contributed by atoms with Crippen LogP contribution in [0.4, 0.5) is 5.82 Å². The van der Waals surface area contributed by atoms with E-state index in [1.54, 1.807) is 24.0 Å². The van der Waals surface area contributed by atoms with Gasteiger partial charge in [-0.1, -0.05) is 0 Å². The molecule has 2 aromatic heterocycles. The molecule has 2 N–H and O–H groups in total. The van der Waals surface area contributed by atoms with Crippen molar-refractivity contribution in [1.82, 2.24) is 25.1 Å². The summed E-state index contributed by atoms with van der Waals surface area (Å²) in [6, 6.07) is 0.351. The molecule has 23 heavy (non-hydrogen) atoms. The van der Waals surface area contributed by atoms with Crippen LogP contribution in [0.25, 0.3) is 0 Å². The molecule has 0 amide bonds. The lowest BCUT2D eigenvalue weighted by atomic mass is 10.0. The van der Waals surface area contributed by atoms with Crippen LogP contribution >= 0.6 is 0 Å². The minimum absolute atomic E-state index is 0.0327. The van der Waals surface area contributed by atoms with Crippen molar-refractivity contribution in [2.45, 2.75) is 39.3 Å². The number of hydrogen-bond acceptors (Lipinski definition) is 5. The van der Waals surface area contributed by atoms with Gasteiger partial charge in [0.25, 0.3) is 5.56 Å². The van der Waals surface area contributed by atoms with Gasteiger partial charge in [-0.3, -0.25) is 9.89 Å². The van der Waals surface area contributed by atoms with Crippen molar-refractivity contribution in [3.63, 3.8) is 0 Å². The predicted octanol–water partition coefficient (Wildman–Crippen LogP) is 0.879. The van der Waals surface area contributed by atoms with E-state index < -0.39 is 0 Å². The van der Waals surface area contributed by atoms with Crippen molar-refractivity contribution in [1.29, 1.82) is 0 Å². The Bertz CT molecular complexity index is 715. The standard InChI is InChI=1S/C16H24N6O/c1-11-14(12(2)20-19-11)9-18-13-5-4-7-22(10-13)15-16(23)21(3)8-6-17-15/h6,8,13,18H,4-5,7,9-10H2,1-3H3,(H,19,20)/t13-/m0/s1. The molecule has 0 spiro atoms. The summed E-state index contributed by atoms with van der Waals surface area (Å²) in [4.78, 5) is 18.6. The lowest BCUT2D eigenvalue weighted by Crippen LogP contribution is -2.47. The van der Waals surface area contributed by atoms with Crippen LogP contribution < -0.4 is 15.8 Å². The van der Waals surface area contributed by atoms with Gasteiger partial charge in [-0.2, -0.15) is 5.10 Å². The third-order valence-corrected chi connectivity index (χ3v) is 4.57. The highest BCUT2D eigenvalue weighted by atomic mass is 16.1. The molecule has 1 aliphatic heterocycles. The summed E-state index contributed by atoms with van der Waals surface area (Å²) >= 11 is 0. The van der Waals surface area contributed by atoms with Gasteiger partial charge in [0.15, 0.2) is 5.82 Å². The first kappa shape index (κ1) is 15.7. The van der Waals surface area contributed by atoms with Crippen molar-refractivity contribution in [3.05, 3.63) is 39.7 Å². The Labute approximate surface area is 135 Å². The fourth-order valence-corrected chi connectivity index (χ4v) is 3.12. The van der Waals surface area contributed by atoms with Gasteiger partial charge in [-0.05, 0) is 26.7 Å². The zero-order valence-electron chi connectivity index (χ0n) is 14.0. The van der Waals surface area contributed by atoms with E-state index >= 15 is 0 Å². The molecule has 124 valence electrons. The number of nitrogens with one attached hydrogen (secondary N) is 2. The highest BCUT2D eigenvalue weighted by Gasteiger charge is 2.23. The van der Waals surface area contributed by atoms with Crippen LogP contribution in [0.5, 0.6) is 0 Å². The molecule has 1 aliphatic rings. The molecule has 0 aromatic carbocycles. The SMILES string of the molecule is Cc1n[nH]c(C)c1CN[C@H]1CCCN(c2nccn(C)c2=O)C1. The van der Waals surface area contributed by atoms with Gasteiger partial charge in [0, 0.05) is 56.4 Å². The minimum atomic E-state index is -0.0327. The third-order valence-electron chi connectivity index (χ3n) is 4.57. The number of aromatic amines is 1. The van der Waals surface area contributed by atoms with Crippen LogP contribution in [0.2, 0.25) is 0 Å². The van der Waals surface area contributed by atoms with E-state index in [0.717, 1.165) is 43.9 Å². The van der Waals surface area contributed by atoms with Crippen LogP contribution in [0.1, 0.15) is 29.8 Å². The van der Waals surface area contributed by atoms with E-state index in [2.05, 4.69) is 25.4 Å². The molecule has 2 aromatic rings. The number of nitrogens with zero attached hydrogens (tertiary/aromatic N) is 4. The fraction of sp³-hybridized carbons (Fsp3) is 0.562. The smallest absolute Gasteiger partial charge is 0.293 e. The zero-order chi connectivity index (χ0) is 16.4. The molecule has 1 atom stereocenters. The third kappa shape index (κ3) is 3.29. The first-order valence-electron chi connectivity index (χ1n) is 8.06. The molecular weight excluding hydrogens is 292 g/mol. The summed E-state index contributed by atoms with van der Waals surface area (Å²) in [6.07, 6.45) is 5.54. The summed E-state index contributed by atoms with van der Waals surface area (Å²) in [6.45, 7) is 6.55. The quantitative estimate of drug-likeness (QED) is 0.875. The van der Waals surface area contributed by atoms with Gasteiger partial charge < -0.3 is 14.8 Å². The molecule has 7 heteroatoms. The second-order valence-electron chi connectivity index (χ2n) is 6.25. The molecule has 0 saturated carbocycles. The molecule has 3 rings (SSSR count). The highest BCUT2D eigenvalue weighted by Crippen LogP contribution is 2.16. The van der Waals surface area contributed by atoms with E-state index in [1.165, 1.54) is 5.56 Å². The summed E-state index contributed by atoms with van der Waals surface area (Å²) in [5, 5.41) is 10.9. The number of anilines is 1. The number of aryl methyl sites for hydroxylation is 3. The zero-order valence-corrected chi connectivity index (χ0v) is 14.0. The number of aromatic nitrogens is 4. The maximum absolute atomic E-state index is 12.2. The van der Waals surface area contributed by atoms with E-state index in [4.69, 9.17) is 0 Å². The molecule has 0 unspecified atom stereocenters. The average molecular weight is 316 g/mol. The Hall–Kier alpha value is -2.15. The molecule has 7 nitrogen and oxygen atoms in total. The van der Waals surface area contributed by atoms with Crippen molar-refractivity contribution >= 4 is 5.82 Å². The number of H-pyrrole nitrogens is 1. The Balaban J connectivity index is 1.67. The topological polar surface area (TPSA) is 78.8 Å². The number of rotatable bonds is 4. The average Bonchev–Trinajstić information content (AvgIpc) is 2.87. The first-order chi connectivity index (χ1) is 11.1. The van der Waals surface area contributed by atoms with Crippen LogP contribution in [-0.2, 0) is 13.6 Å². The predicted molar refractivity (Wildman–Crippen MR) is 89.6 cm³/mol. The lowest BCUT2D eigenvalue weighted by molar-refractivity contribution is 0.418. The van der Waals surface area contributed by atoms with Gasteiger partial charge in [-0.25, -0.2) is 4.98 Å². The van der Waals surface area contributed by atoms with Crippen LogP contribution in [0.3, 0.4) is 0 Å². The van der Waals surface area contributed by atoms with Crippen molar-refractivity contribution < 1.29 is 0 Å². The van der Waals surface area contributed by atoms with Gasteiger partial charge in [0.1, 0.15) is 0 Å². The normalized spacial score (nSPS) is 18.4. The molecule has 3 heterocycles. The monoisotopic (exact) mass is 316 g/mol. The van der Waals surface area contributed by atoms with Gasteiger partial charge >= 0.3 is 0 Å². The summed E-state index contributed by atoms with van der Waals surface area (Å²) in [7, 11) is 1.76. The van der Waals surface area contributed by atoms with Crippen molar-refractivity contribution in [3.8, 4) is 0 Å². The van der Waals surface area contributed by atoms with Crippen LogP contribution in [0, 0.1) is 13.8 Å². The number of piperidine rings is 1. The highest BCUT2D eigenvalue weighted by molar-refractivity contribution is 5.36. The summed E-state index contributed by atoms with van der Waals surface area (Å²) < 4.78 is 1.58. The van der Waals surface area contributed by atoms with Gasteiger partial charge in [-0.15, -0.1) is 0 Å². The fourth-order valence-electron chi connectivity index (χ4n) is 3.12. The number of hydrogen-bond donors (Lipinski definition) is 2. The van der Waals surface area contributed by atoms with Crippen LogP contribution in [-0.4, -0.2) is 38.9 Å². The first-order valence-corrected chi connectivity index (χ1v) is 8.06. The molecule has 0 aliphatic carbocycles. The van der Waals surface area contributed by atoms with E-state index in [1.807, 2.05) is 13.8 Å². The van der Waals surface area contributed by atoms with E-state index in [0.29, 0.717) is 11.9 Å². The largest absolute Gasteiger partial charge is 0.350 e. The Morgan fingerprint density at radius 1 is 1.43 bits per heavy atom.